The van der Waals surface area contributed by atoms with Crippen molar-refractivity contribution < 1.29 is 14.3 Å². The Morgan fingerprint density at radius 3 is 2.56 bits per heavy atom. The van der Waals surface area contributed by atoms with Crippen LogP contribution in [0.3, 0.4) is 0 Å². The van der Waals surface area contributed by atoms with Gasteiger partial charge < -0.3 is 14.4 Å². The summed E-state index contributed by atoms with van der Waals surface area (Å²) in [7, 11) is 0. The summed E-state index contributed by atoms with van der Waals surface area (Å²) in [5, 5.41) is 16.0. The van der Waals surface area contributed by atoms with Crippen LogP contribution in [0.1, 0.15) is 30.7 Å². The lowest BCUT2D eigenvalue weighted by Gasteiger charge is -2.21. The number of nitrogens with zero attached hydrogens (tertiary/aromatic N) is 4. The molecule has 0 fully saturated rings. The summed E-state index contributed by atoms with van der Waals surface area (Å²) >= 11 is 0. The fourth-order valence-electron chi connectivity index (χ4n) is 3.45. The maximum atomic E-state index is 13.1. The van der Waals surface area contributed by atoms with E-state index in [0.717, 1.165) is 24.3 Å². The lowest BCUT2D eigenvalue weighted by Crippen LogP contribution is -2.27. The molecular formula is C25H24N4O3. The molecule has 1 amide bonds. The summed E-state index contributed by atoms with van der Waals surface area (Å²) in [6, 6.07) is 18.2. The van der Waals surface area contributed by atoms with Crippen molar-refractivity contribution in [2.24, 2.45) is 10.1 Å². The summed E-state index contributed by atoms with van der Waals surface area (Å²) < 4.78 is 5.33. The lowest BCUT2D eigenvalue weighted by molar-refractivity contribution is -0.122. The van der Waals surface area contributed by atoms with Crippen molar-refractivity contribution in [3.8, 4) is 5.75 Å². The van der Waals surface area contributed by atoms with Gasteiger partial charge in [-0.2, -0.15) is 10.1 Å². The van der Waals surface area contributed by atoms with Crippen molar-refractivity contribution >= 4 is 29.7 Å². The Labute approximate surface area is 186 Å². The monoisotopic (exact) mass is 428 g/mol. The van der Waals surface area contributed by atoms with E-state index in [2.05, 4.69) is 28.8 Å². The Kier molecular flexibility index (Phi) is 6.17. The molecule has 2 heterocycles. The zero-order chi connectivity index (χ0) is 22.5. The van der Waals surface area contributed by atoms with Crippen LogP contribution in [-0.2, 0) is 4.79 Å². The standard InChI is InChI=1S/C25H24N4O3/c1-3-28(4-2)20-12-13-23(30)19(15-20)17-26-29-24(18-9-6-5-7-10-18)27-22(25(29)31)16-21-11-8-14-32-21/h5-17,30H,3-4H2,1-2H3/b22-16-,26-17-. The molecule has 32 heavy (non-hydrogen) atoms. The molecular weight excluding hydrogens is 404 g/mol. The number of furan rings is 1. The Balaban J connectivity index is 1.70. The topological polar surface area (TPSA) is 81.6 Å². The number of phenolic OH excluding ortho intramolecular Hbond substituents is 1. The highest BCUT2D eigenvalue weighted by Gasteiger charge is 2.31. The molecule has 4 rings (SSSR count). The number of amides is 1. The third kappa shape index (κ3) is 4.32. The van der Waals surface area contributed by atoms with E-state index in [1.165, 1.54) is 17.5 Å². The van der Waals surface area contributed by atoms with Gasteiger partial charge in [0, 0.05) is 36.0 Å². The van der Waals surface area contributed by atoms with E-state index in [-0.39, 0.29) is 17.4 Å². The molecule has 0 unspecified atom stereocenters. The minimum absolute atomic E-state index is 0.0841. The first-order valence-electron chi connectivity index (χ1n) is 10.5. The van der Waals surface area contributed by atoms with Gasteiger partial charge in [0.2, 0.25) is 0 Å². The number of aromatic hydroxyl groups is 1. The summed E-state index contributed by atoms with van der Waals surface area (Å²) in [5.41, 5.74) is 2.45. The second kappa shape index (κ2) is 9.34. The highest BCUT2D eigenvalue weighted by atomic mass is 16.3. The quantitative estimate of drug-likeness (QED) is 0.444. The minimum Gasteiger partial charge on any atom is -0.507 e. The molecule has 0 bridgehead atoms. The van der Waals surface area contributed by atoms with Crippen LogP contribution in [0, 0.1) is 0 Å². The number of hydrogen-bond acceptors (Lipinski definition) is 6. The van der Waals surface area contributed by atoms with Crippen molar-refractivity contribution in [1.29, 1.82) is 0 Å². The van der Waals surface area contributed by atoms with Gasteiger partial charge in [-0.15, -0.1) is 0 Å². The molecule has 0 saturated heterocycles. The number of aliphatic imine (C=N–C) groups is 1. The average Bonchev–Trinajstić information content (AvgIpc) is 3.44. The van der Waals surface area contributed by atoms with Gasteiger partial charge in [-0.05, 0) is 44.2 Å². The van der Waals surface area contributed by atoms with E-state index < -0.39 is 0 Å². The smallest absolute Gasteiger partial charge is 0.298 e. The second-order valence-electron chi connectivity index (χ2n) is 7.12. The van der Waals surface area contributed by atoms with E-state index in [0.29, 0.717) is 17.2 Å². The van der Waals surface area contributed by atoms with Crippen LogP contribution in [0.25, 0.3) is 6.08 Å². The normalized spacial score (nSPS) is 15.1. The first-order chi connectivity index (χ1) is 15.6. The van der Waals surface area contributed by atoms with Crippen LogP contribution in [0.5, 0.6) is 5.75 Å². The van der Waals surface area contributed by atoms with Crippen LogP contribution in [0.15, 0.2) is 87.1 Å². The van der Waals surface area contributed by atoms with E-state index in [9.17, 15) is 9.90 Å². The molecule has 1 aromatic heterocycles. The molecule has 162 valence electrons. The number of rotatable bonds is 7. The molecule has 3 aromatic rings. The van der Waals surface area contributed by atoms with Crippen LogP contribution < -0.4 is 4.90 Å². The predicted molar refractivity (Wildman–Crippen MR) is 126 cm³/mol. The lowest BCUT2D eigenvalue weighted by atomic mass is 10.1. The van der Waals surface area contributed by atoms with Crippen molar-refractivity contribution in [3.05, 3.63) is 89.5 Å². The van der Waals surface area contributed by atoms with Gasteiger partial charge in [-0.3, -0.25) is 4.79 Å². The van der Waals surface area contributed by atoms with Gasteiger partial charge in [0.25, 0.3) is 5.91 Å². The second-order valence-corrected chi connectivity index (χ2v) is 7.12. The SMILES string of the molecule is CCN(CC)c1ccc(O)c(/C=N\N2C(=O)/C(=C/c3ccco3)N=C2c2ccccc2)c1. The van der Waals surface area contributed by atoms with E-state index >= 15 is 0 Å². The number of phenols is 1. The molecule has 0 atom stereocenters. The van der Waals surface area contributed by atoms with E-state index in [1.807, 2.05) is 42.5 Å². The summed E-state index contributed by atoms with van der Waals surface area (Å²) in [4.78, 5) is 19.8. The Morgan fingerprint density at radius 1 is 1.09 bits per heavy atom. The van der Waals surface area contributed by atoms with E-state index in [4.69, 9.17) is 4.42 Å². The first-order valence-corrected chi connectivity index (χ1v) is 10.5. The van der Waals surface area contributed by atoms with Crippen LogP contribution >= 0.6 is 0 Å². The van der Waals surface area contributed by atoms with Crippen molar-refractivity contribution in [3.63, 3.8) is 0 Å². The van der Waals surface area contributed by atoms with Gasteiger partial charge in [0.15, 0.2) is 5.84 Å². The number of amidine groups is 1. The van der Waals surface area contributed by atoms with Crippen LogP contribution in [0.2, 0.25) is 0 Å². The minimum atomic E-state index is -0.379. The van der Waals surface area contributed by atoms with Crippen LogP contribution in [0.4, 0.5) is 5.69 Å². The fraction of sp³-hybridized carbons (Fsp3) is 0.160. The predicted octanol–water partition coefficient (Wildman–Crippen LogP) is 4.50. The molecule has 7 heteroatoms. The van der Waals surface area contributed by atoms with Crippen molar-refractivity contribution in [2.45, 2.75) is 13.8 Å². The fourth-order valence-corrected chi connectivity index (χ4v) is 3.45. The Bertz CT molecular complexity index is 1180. The van der Waals surface area contributed by atoms with Crippen LogP contribution in [-0.4, -0.2) is 41.2 Å². The van der Waals surface area contributed by atoms with Gasteiger partial charge in [0.05, 0.1) is 12.5 Å². The Hall–Kier alpha value is -4.13. The van der Waals surface area contributed by atoms with Gasteiger partial charge >= 0.3 is 0 Å². The highest BCUT2D eigenvalue weighted by molar-refractivity contribution is 6.19. The molecule has 2 aromatic carbocycles. The van der Waals surface area contributed by atoms with Crippen molar-refractivity contribution in [1.82, 2.24) is 5.01 Å². The molecule has 0 saturated carbocycles. The largest absolute Gasteiger partial charge is 0.507 e. The molecule has 1 aliphatic rings. The molecule has 7 nitrogen and oxygen atoms in total. The van der Waals surface area contributed by atoms with Gasteiger partial charge in [-0.25, -0.2) is 4.99 Å². The number of benzene rings is 2. The van der Waals surface area contributed by atoms with Crippen molar-refractivity contribution in [2.75, 3.05) is 18.0 Å². The summed E-state index contributed by atoms with van der Waals surface area (Å²) in [5.74, 6) is 0.640. The molecule has 1 aliphatic heterocycles. The molecule has 0 aliphatic carbocycles. The summed E-state index contributed by atoms with van der Waals surface area (Å²) in [6.45, 7) is 5.83. The zero-order valence-corrected chi connectivity index (χ0v) is 18.0. The number of hydrazone groups is 1. The van der Waals surface area contributed by atoms with Gasteiger partial charge in [-0.1, -0.05) is 30.3 Å². The number of carbonyl (C=O) groups excluding carboxylic acids is 1. The average molecular weight is 428 g/mol. The number of hydrogen-bond donors (Lipinski definition) is 1. The number of anilines is 1. The van der Waals surface area contributed by atoms with E-state index in [1.54, 1.807) is 24.3 Å². The summed E-state index contributed by atoms with van der Waals surface area (Å²) in [6.07, 6.45) is 4.60. The zero-order valence-electron chi connectivity index (χ0n) is 18.0. The third-order valence-electron chi connectivity index (χ3n) is 5.14. The molecule has 1 N–H and O–H groups in total. The third-order valence-corrected chi connectivity index (χ3v) is 5.14. The maximum Gasteiger partial charge on any atom is 0.298 e. The Morgan fingerprint density at radius 2 is 1.88 bits per heavy atom. The number of carbonyl (C=O) groups is 1. The van der Waals surface area contributed by atoms with Gasteiger partial charge in [0.1, 0.15) is 17.2 Å². The molecule has 0 spiro atoms. The first kappa shape index (κ1) is 21.1. The highest BCUT2D eigenvalue weighted by Crippen LogP contribution is 2.25. The maximum absolute atomic E-state index is 13.1. The molecule has 0 radical (unpaired) electrons.